The zero-order valence-electron chi connectivity index (χ0n) is 13.0. The van der Waals surface area contributed by atoms with E-state index < -0.39 is 0 Å². The second-order valence-corrected chi connectivity index (χ2v) is 6.15. The molecule has 6 nitrogen and oxygen atoms in total. The lowest BCUT2D eigenvalue weighted by Gasteiger charge is -2.10. The highest BCUT2D eigenvalue weighted by atomic mass is 32.2. The van der Waals surface area contributed by atoms with Crippen LogP contribution in [0, 0.1) is 6.92 Å². The summed E-state index contributed by atoms with van der Waals surface area (Å²) in [7, 11) is 0. The molecule has 1 aromatic heterocycles. The molecule has 0 saturated carbocycles. The summed E-state index contributed by atoms with van der Waals surface area (Å²) in [6, 6.07) is 13.4. The lowest BCUT2D eigenvalue weighted by Crippen LogP contribution is -2.10. The van der Waals surface area contributed by atoms with Crippen LogP contribution in [0.4, 0.5) is 0 Å². The molecule has 122 valence electrons. The van der Waals surface area contributed by atoms with E-state index in [0.717, 1.165) is 28.5 Å². The summed E-state index contributed by atoms with van der Waals surface area (Å²) in [4.78, 5) is 5.24. The molecular formula is C17H15N3O3S. The number of nitrogens with zero attached hydrogens (tertiary/aromatic N) is 2. The second kappa shape index (κ2) is 6.54. The van der Waals surface area contributed by atoms with Gasteiger partial charge in [-0.15, -0.1) is 0 Å². The first-order valence-corrected chi connectivity index (χ1v) is 8.35. The summed E-state index contributed by atoms with van der Waals surface area (Å²) in [6.45, 7) is 3.23. The molecule has 24 heavy (non-hydrogen) atoms. The van der Waals surface area contributed by atoms with Crippen LogP contribution in [0.25, 0.3) is 11.4 Å². The standard InChI is InChI=1S/C17H15N3O3S/c1-11-19-17(20-23-11)12-3-2-4-13(9-12)22-14-5-6-15-16(10-14)24-18-7-8-21-15/h2-6,9-10,18H,7-8H2,1H3. The van der Waals surface area contributed by atoms with Gasteiger partial charge in [0.1, 0.15) is 23.9 Å². The van der Waals surface area contributed by atoms with Gasteiger partial charge >= 0.3 is 0 Å². The molecule has 0 atom stereocenters. The first kappa shape index (κ1) is 15.0. The van der Waals surface area contributed by atoms with E-state index in [-0.39, 0.29) is 0 Å². The minimum absolute atomic E-state index is 0.534. The molecule has 0 saturated heterocycles. The zero-order chi connectivity index (χ0) is 16.4. The predicted octanol–water partition coefficient (Wildman–Crippen LogP) is 3.83. The fraction of sp³-hybridized carbons (Fsp3) is 0.176. The van der Waals surface area contributed by atoms with Crippen molar-refractivity contribution in [2.24, 2.45) is 0 Å². The van der Waals surface area contributed by atoms with E-state index in [0.29, 0.717) is 24.1 Å². The third-order valence-electron chi connectivity index (χ3n) is 3.41. The van der Waals surface area contributed by atoms with Gasteiger partial charge in [0.15, 0.2) is 0 Å². The summed E-state index contributed by atoms with van der Waals surface area (Å²) in [5.74, 6) is 3.41. The second-order valence-electron chi connectivity index (χ2n) is 5.22. The highest BCUT2D eigenvalue weighted by molar-refractivity contribution is 7.97. The van der Waals surface area contributed by atoms with Gasteiger partial charge in [-0.1, -0.05) is 17.3 Å². The maximum Gasteiger partial charge on any atom is 0.223 e. The van der Waals surface area contributed by atoms with E-state index in [1.807, 2.05) is 42.5 Å². The Morgan fingerprint density at radius 1 is 1.17 bits per heavy atom. The number of aryl methyl sites for hydroxylation is 1. The van der Waals surface area contributed by atoms with E-state index in [4.69, 9.17) is 14.0 Å². The molecule has 0 unspecified atom stereocenters. The maximum atomic E-state index is 5.97. The van der Waals surface area contributed by atoms with E-state index >= 15 is 0 Å². The molecule has 0 bridgehead atoms. The zero-order valence-corrected chi connectivity index (χ0v) is 13.8. The molecule has 0 radical (unpaired) electrons. The van der Waals surface area contributed by atoms with Crippen molar-refractivity contribution < 1.29 is 14.0 Å². The van der Waals surface area contributed by atoms with Gasteiger partial charge in [0.25, 0.3) is 0 Å². The van der Waals surface area contributed by atoms with Gasteiger partial charge < -0.3 is 14.0 Å². The number of fused-ring (bicyclic) bond motifs is 1. The molecule has 0 aliphatic carbocycles. The Bertz CT molecular complexity index is 866. The molecule has 2 heterocycles. The van der Waals surface area contributed by atoms with Gasteiger partial charge in [-0.3, -0.25) is 4.72 Å². The number of hydrogen-bond acceptors (Lipinski definition) is 7. The number of rotatable bonds is 3. The average molecular weight is 341 g/mol. The van der Waals surface area contributed by atoms with E-state index in [2.05, 4.69) is 14.9 Å². The Labute approximate surface area is 143 Å². The van der Waals surface area contributed by atoms with E-state index in [1.54, 1.807) is 18.9 Å². The van der Waals surface area contributed by atoms with Crippen LogP contribution in [0.1, 0.15) is 5.89 Å². The lowest BCUT2D eigenvalue weighted by molar-refractivity contribution is 0.320. The number of nitrogens with one attached hydrogen (secondary N) is 1. The van der Waals surface area contributed by atoms with Gasteiger partial charge in [-0.25, -0.2) is 0 Å². The fourth-order valence-electron chi connectivity index (χ4n) is 2.33. The Morgan fingerprint density at radius 3 is 2.96 bits per heavy atom. The van der Waals surface area contributed by atoms with Crippen molar-refractivity contribution in [2.75, 3.05) is 13.2 Å². The van der Waals surface area contributed by atoms with Crippen molar-refractivity contribution >= 4 is 11.9 Å². The lowest BCUT2D eigenvalue weighted by atomic mass is 10.2. The number of aromatic nitrogens is 2. The van der Waals surface area contributed by atoms with Crippen LogP contribution in [0.2, 0.25) is 0 Å². The Balaban J connectivity index is 1.58. The maximum absolute atomic E-state index is 5.97. The van der Waals surface area contributed by atoms with Gasteiger partial charge in [0.2, 0.25) is 11.7 Å². The molecule has 4 rings (SSSR count). The van der Waals surface area contributed by atoms with Crippen LogP contribution in [0.5, 0.6) is 17.2 Å². The monoisotopic (exact) mass is 341 g/mol. The number of benzene rings is 2. The molecule has 0 spiro atoms. The van der Waals surface area contributed by atoms with E-state index in [9.17, 15) is 0 Å². The first-order chi connectivity index (χ1) is 11.8. The minimum atomic E-state index is 0.534. The van der Waals surface area contributed by atoms with Crippen molar-refractivity contribution in [3.05, 3.63) is 48.4 Å². The van der Waals surface area contributed by atoms with Crippen molar-refractivity contribution in [1.29, 1.82) is 0 Å². The first-order valence-electron chi connectivity index (χ1n) is 7.53. The SMILES string of the molecule is Cc1nc(-c2cccc(Oc3ccc4c(c3)SNCCO4)c2)no1. The third kappa shape index (κ3) is 3.22. The van der Waals surface area contributed by atoms with Crippen LogP contribution in [0.15, 0.2) is 51.9 Å². The quantitative estimate of drug-likeness (QED) is 0.726. The van der Waals surface area contributed by atoms with Gasteiger partial charge in [-0.05, 0) is 42.3 Å². The van der Waals surface area contributed by atoms with Crippen LogP contribution < -0.4 is 14.2 Å². The molecule has 1 aliphatic heterocycles. The van der Waals surface area contributed by atoms with E-state index in [1.165, 1.54) is 0 Å². The number of hydrogen-bond donors (Lipinski definition) is 1. The summed E-state index contributed by atoms with van der Waals surface area (Å²) in [6.07, 6.45) is 0. The van der Waals surface area contributed by atoms with Crippen molar-refractivity contribution in [3.63, 3.8) is 0 Å². The normalized spacial score (nSPS) is 13.7. The highest BCUT2D eigenvalue weighted by Gasteiger charge is 2.12. The summed E-state index contributed by atoms with van der Waals surface area (Å²) in [5, 5.41) is 3.93. The summed E-state index contributed by atoms with van der Waals surface area (Å²) < 4.78 is 19.9. The molecule has 2 aromatic carbocycles. The Kier molecular flexibility index (Phi) is 4.10. The third-order valence-corrected chi connectivity index (χ3v) is 4.30. The topological polar surface area (TPSA) is 69.4 Å². The van der Waals surface area contributed by atoms with Gasteiger partial charge in [0.05, 0.1) is 4.90 Å². The Morgan fingerprint density at radius 2 is 2.08 bits per heavy atom. The molecule has 0 amide bonds. The molecule has 1 aliphatic rings. The molecule has 3 aromatic rings. The highest BCUT2D eigenvalue weighted by Crippen LogP contribution is 2.35. The molecule has 1 N–H and O–H groups in total. The molecule has 7 heteroatoms. The smallest absolute Gasteiger partial charge is 0.223 e. The van der Waals surface area contributed by atoms with Gasteiger partial charge in [0, 0.05) is 19.0 Å². The summed E-state index contributed by atoms with van der Waals surface area (Å²) in [5.41, 5.74) is 0.846. The molecular weight excluding hydrogens is 326 g/mol. The van der Waals surface area contributed by atoms with Gasteiger partial charge in [-0.2, -0.15) is 4.98 Å². The largest absolute Gasteiger partial charge is 0.491 e. The average Bonchev–Trinajstić information content (AvgIpc) is 2.89. The Hall–Kier alpha value is -2.51. The minimum Gasteiger partial charge on any atom is -0.491 e. The van der Waals surface area contributed by atoms with Crippen LogP contribution in [-0.2, 0) is 0 Å². The van der Waals surface area contributed by atoms with Crippen molar-refractivity contribution in [2.45, 2.75) is 11.8 Å². The van der Waals surface area contributed by atoms with Crippen LogP contribution >= 0.6 is 11.9 Å². The number of ether oxygens (including phenoxy) is 2. The van der Waals surface area contributed by atoms with Crippen LogP contribution in [0.3, 0.4) is 0 Å². The van der Waals surface area contributed by atoms with Crippen LogP contribution in [-0.4, -0.2) is 23.3 Å². The fourth-order valence-corrected chi connectivity index (χ4v) is 3.08. The van der Waals surface area contributed by atoms with Crippen molar-refractivity contribution in [3.8, 4) is 28.6 Å². The molecule has 0 fully saturated rings. The summed E-state index contributed by atoms with van der Waals surface area (Å²) >= 11 is 1.55. The predicted molar refractivity (Wildman–Crippen MR) is 90.3 cm³/mol. The van der Waals surface area contributed by atoms with Crippen molar-refractivity contribution in [1.82, 2.24) is 14.9 Å².